The van der Waals surface area contributed by atoms with Crippen LogP contribution in [-0.4, -0.2) is 48.0 Å². The lowest BCUT2D eigenvalue weighted by Gasteiger charge is -2.18. The Balaban J connectivity index is 1.35. The van der Waals surface area contributed by atoms with Gasteiger partial charge in [-0.25, -0.2) is 4.85 Å². The molecular weight excluding hydrogens is 302 g/mol. The average Bonchev–Trinajstić information content (AvgIpc) is 3.30. The first-order valence-corrected chi connectivity index (χ1v) is 8.83. The number of carbonyl (C=O) groups is 1. The van der Waals surface area contributed by atoms with Crippen LogP contribution in [0.2, 0.25) is 0 Å². The molecule has 2 unspecified atom stereocenters. The minimum absolute atomic E-state index is 0.248. The van der Waals surface area contributed by atoms with E-state index in [9.17, 15) is 4.79 Å². The number of nitrogens with zero attached hydrogens (tertiary/aromatic N) is 3. The Morgan fingerprint density at radius 2 is 2.17 bits per heavy atom. The number of carbonyl (C=O) groups excluding carboxylic acids is 1. The zero-order chi connectivity index (χ0) is 16.8. The number of hydrogen-bond donors (Lipinski definition) is 2. The van der Waals surface area contributed by atoms with Gasteiger partial charge in [0, 0.05) is 31.9 Å². The molecule has 1 aromatic rings. The fourth-order valence-electron chi connectivity index (χ4n) is 3.56. The number of anilines is 1. The molecule has 6 nitrogen and oxygen atoms in total. The number of nitrogens with one attached hydrogen (secondary N) is 2. The molecule has 1 aliphatic carbocycles. The minimum atomic E-state index is 0.248. The largest absolute Gasteiger partial charge is 0.370 e. The van der Waals surface area contributed by atoms with Gasteiger partial charge in [-0.05, 0) is 44.1 Å². The third-order valence-corrected chi connectivity index (χ3v) is 4.99. The van der Waals surface area contributed by atoms with Crippen molar-refractivity contribution in [2.45, 2.75) is 38.1 Å². The number of aromatic nitrogens is 1. The van der Waals surface area contributed by atoms with Gasteiger partial charge in [-0.3, -0.25) is 9.78 Å². The van der Waals surface area contributed by atoms with E-state index in [4.69, 9.17) is 6.57 Å². The van der Waals surface area contributed by atoms with Crippen molar-refractivity contribution in [1.29, 1.82) is 0 Å². The van der Waals surface area contributed by atoms with E-state index in [0.29, 0.717) is 24.2 Å². The number of pyridine rings is 1. The molecule has 0 aromatic carbocycles. The highest BCUT2D eigenvalue weighted by Gasteiger charge is 2.25. The molecule has 0 spiro atoms. The Hall–Kier alpha value is -2.13. The lowest BCUT2D eigenvalue weighted by atomic mass is 10.1. The lowest BCUT2D eigenvalue weighted by molar-refractivity contribution is -0.129. The van der Waals surface area contributed by atoms with Gasteiger partial charge < -0.3 is 15.5 Å². The van der Waals surface area contributed by atoms with Gasteiger partial charge in [-0.2, -0.15) is 0 Å². The Morgan fingerprint density at radius 1 is 1.33 bits per heavy atom. The molecule has 24 heavy (non-hydrogen) atoms. The van der Waals surface area contributed by atoms with Gasteiger partial charge >= 0.3 is 0 Å². The van der Waals surface area contributed by atoms with Gasteiger partial charge in [0.15, 0.2) is 0 Å². The quantitative estimate of drug-likeness (QED) is 0.788. The molecule has 6 heteroatoms. The van der Waals surface area contributed by atoms with Crippen molar-refractivity contribution in [3.05, 3.63) is 29.7 Å². The Kier molecular flexibility index (Phi) is 5.65. The van der Waals surface area contributed by atoms with E-state index in [1.807, 2.05) is 11.0 Å². The fourth-order valence-corrected chi connectivity index (χ4v) is 3.56. The molecule has 1 saturated heterocycles. The summed E-state index contributed by atoms with van der Waals surface area (Å²) in [6.07, 6.45) is 7.28. The van der Waals surface area contributed by atoms with Crippen LogP contribution < -0.4 is 10.6 Å². The van der Waals surface area contributed by atoms with E-state index in [-0.39, 0.29) is 5.91 Å². The normalized spacial score (nSPS) is 23.2. The maximum atomic E-state index is 12.1. The number of amides is 1. The first-order chi connectivity index (χ1) is 11.7. The predicted molar refractivity (Wildman–Crippen MR) is 93.9 cm³/mol. The third-order valence-electron chi connectivity index (χ3n) is 4.99. The first kappa shape index (κ1) is 16.7. The van der Waals surface area contributed by atoms with E-state index < -0.39 is 0 Å². The summed E-state index contributed by atoms with van der Waals surface area (Å²) in [6.45, 7) is 10.2. The number of hydrogen-bond acceptors (Lipinski definition) is 4. The molecule has 1 aliphatic heterocycles. The van der Waals surface area contributed by atoms with Crippen molar-refractivity contribution in [1.82, 2.24) is 15.2 Å². The van der Waals surface area contributed by atoms with Crippen molar-refractivity contribution < 1.29 is 4.79 Å². The number of rotatable bonds is 6. The molecule has 2 heterocycles. The molecule has 0 bridgehead atoms. The Morgan fingerprint density at radius 3 is 2.88 bits per heavy atom. The summed E-state index contributed by atoms with van der Waals surface area (Å²) < 4.78 is 0. The molecule has 3 rings (SSSR count). The van der Waals surface area contributed by atoms with Crippen LogP contribution in [0.3, 0.4) is 0 Å². The molecule has 1 saturated carbocycles. The van der Waals surface area contributed by atoms with Crippen molar-refractivity contribution in [3.63, 3.8) is 0 Å². The molecule has 2 N–H and O–H groups in total. The Labute approximate surface area is 143 Å². The van der Waals surface area contributed by atoms with Gasteiger partial charge in [0.2, 0.25) is 11.6 Å². The summed E-state index contributed by atoms with van der Waals surface area (Å²) in [7, 11) is 0. The smallest absolute Gasteiger partial charge is 0.236 e. The maximum absolute atomic E-state index is 12.1. The van der Waals surface area contributed by atoms with Crippen LogP contribution in [-0.2, 0) is 4.79 Å². The molecule has 0 radical (unpaired) electrons. The first-order valence-electron chi connectivity index (χ1n) is 8.83. The third kappa shape index (κ3) is 4.45. The highest BCUT2D eigenvalue weighted by molar-refractivity contribution is 5.78. The van der Waals surface area contributed by atoms with Crippen LogP contribution in [0, 0.1) is 12.5 Å². The SMILES string of the molecule is [C-]#[N+]c1ccc(NCC2CCC(NCC(=O)N3CCCC3)C2)nc1. The van der Waals surface area contributed by atoms with Crippen molar-refractivity contribution in [2.75, 3.05) is 31.5 Å². The number of likely N-dealkylation sites (tertiary alicyclic amines) is 1. The van der Waals surface area contributed by atoms with E-state index in [0.717, 1.165) is 51.1 Å². The predicted octanol–water partition coefficient (Wildman–Crippen LogP) is 2.42. The van der Waals surface area contributed by atoms with Gasteiger partial charge in [-0.1, -0.05) is 6.07 Å². The van der Waals surface area contributed by atoms with Gasteiger partial charge in [-0.15, -0.1) is 0 Å². The maximum Gasteiger partial charge on any atom is 0.236 e. The molecule has 2 aliphatic rings. The lowest BCUT2D eigenvalue weighted by Crippen LogP contribution is -2.39. The molecule has 1 aromatic heterocycles. The summed E-state index contributed by atoms with van der Waals surface area (Å²) in [6, 6.07) is 4.08. The highest BCUT2D eigenvalue weighted by atomic mass is 16.2. The molecule has 2 fully saturated rings. The Bertz CT molecular complexity index is 588. The van der Waals surface area contributed by atoms with Crippen molar-refractivity contribution >= 4 is 17.4 Å². The summed E-state index contributed by atoms with van der Waals surface area (Å²) in [5.41, 5.74) is 0.563. The fraction of sp³-hybridized carbons (Fsp3) is 0.611. The summed E-state index contributed by atoms with van der Waals surface area (Å²) in [4.78, 5) is 21.6. The molecule has 128 valence electrons. The van der Waals surface area contributed by atoms with Gasteiger partial charge in [0.25, 0.3) is 0 Å². The summed E-state index contributed by atoms with van der Waals surface area (Å²) in [5.74, 6) is 1.67. The van der Waals surface area contributed by atoms with Gasteiger partial charge in [0.05, 0.1) is 13.1 Å². The molecule has 1 amide bonds. The van der Waals surface area contributed by atoms with E-state index in [2.05, 4.69) is 20.5 Å². The zero-order valence-corrected chi connectivity index (χ0v) is 14.0. The topological polar surface area (TPSA) is 61.6 Å². The van der Waals surface area contributed by atoms with Crippen LogP contribution in [0.1, 0.15) is 32.1 Å². The van der Waals surface area contributed by atoms with Gasteiger partial charge in [0.1, 0.15) is 5.82 Å². The minimum Gasteiger partial charge on any atom is -0.370 e. The standard InChI is InChI=1S/C18H25N5O/c1-19-16-6-7-17(22-12-16)21-11-14-4-5-15(10-14)20-13-18(24)23-8-2-3-9-23/h6-7,12,14-15,20H,2-5,8-11,13H2,(H,21,22). The summed E-state index contributed by atoms with van der Waals surface area (Å²) >= 11 is 0. The van der Waals surface area contributed by atoms with Crippen LogP contribution in [0.5, 0.6) is 0 Å². The van der Waals surface area contributed by atoms with Crippen LogP contribution in [0.4, 0.5) is 11.5 Å². The van der Waals surface area contributed by atoms with Crippen LogP contribution in [0.15, 0.2) is 18.3 Å². The van der Waals surface area contributed by atoms with Crippen molar-refractivity contribution in [2.24, 2.45) is 5.92 Å². The molecular formula is C18H25N5O. The monoisotopic (exact) mass is 327 g/mol. The van der Waals surface area contributed by atoms with Crippen molar-refractivity contribution in [3.8, 4) is 0 Å². The second-order valence-corrected chi connectivity index (χ2v) is 6.74. The van der Waals surface area contributed by atoms with E-state index in [1.54, 1.807) is 12.3 Å². The second-order valence-electron chi connectivity index (χ2n) is 6.74. The summed E-state index contributed by atoms with van der Waals surface area (Å²) in [5, 5.41) is 6.78. The highest BCUT2D eigenvalue weighted by Crippen LogP contribution is 2.26. The van der Waals surface area contributed by atoms with Crippen LogP contribution >= 0.6 is 0 Å². The second kappa shape index (κ2) is 8.11. The zero-order valence-electron chi connectivity index (χ0n) is 14.0. The average molecular weight is 327 g/mol. The van der Waals surface area contributed by atoms with E-state index in [1.165, 1.54) is 6.42 Å². The van der Waals surface area contributed by atoms with E-state index >= 15 is 0 Å². The molecule has 2 atom stereocenters. The van der Waals surface area contributed by atoms with Crippen LogP contribution in [0.25, 0.3) is 4.85 Å².